The minimum atomic E-state index is -3.44. The van der Waals surface area contributed by atoms with Crippen LogP contribution in [0.25, 0.3) is 11.3 Å². The molecule has 1 aromatic heterocycles. The van der Waals surface area contributed by atoms with Crippen LogP contribution in [0.5, 0.6) is 0 Å². The number of nitrogens with one attached hydrogen (secondary N) is 1. The van der Waals surface area contributed by atoms with Crippen molar-refractivity contribution < 1.29 is 8.42 Å². The van der Waals surface area contributed by atoms with E-state index in [4.69, 9.17) is 0 Å². The van der Waals surface area contributed by atoms with Crippen LogP contribution in [0.2, 0.25) is 0 Å². The van der Waals surface area contributed by atoms with Gasteiger partial charge in [0, 0.05) is 29.7 Å². The molecule has 1 heterocycles. The van der Waals surface area contributed by atoms with E-state index >= 15 is 0 Å². The van der Waals surface area contributed by atoms with Crippen LogP contribution in [0.3, 0.4) is 0 Å². The van der Waals surface area contributed by atoms with Gasteiger partial charge < -0.3 is 5.32 Å². The fourth-order valence-corrected chi connectivity index (χ4v) is 4.93. The maximum absolute atomic E-state index is 12.6. The van der Waals surface area contributed by atoms with Crippen LogP contribution < -0.4 is 5.32 Å². The van der Waals surface area contributed by atoms with Gasteiger partial charge in [-0.3, -0.25) is 0 Å². The van der Waals surface area contributed by atoms with Crippen LogP contribution in [0.1, 0.15) is 19.4 Å². The fourth-order valence-electron chi connectivity index (χ4n) is 2.73. The molecule has 0 amide bonds. The van der Waals surface area contributed by atoms with Crippen molar-refractivity contribution in [1.29, 1.82) is 0 Å². The summed E-state index contributed by atoms with van der Waals surface area (Å²) >= 11 is 1.52. The summed E-state index contributed by atoms with van der Waals surface area (Å²) in [6.45, 7) is 6.65. The molecule has 2 aromatic carbocycles. The monoisotopic (exact) mass is 481 g/mol. The van der Waals surface area contributed by atoms with E-state index in [1.54, 1.807) is 24.3 Å². The number of aromatic nitrogens is 1. The minimum absolute atomic E-state index is 0. The van der Waals surface area contributed by atoms with Crippen molar-refractivity contribution >= 4 is 49.2 Å². The lowest BCUT2D eigenvalue weighted by molar-refractivity contribution is 0.445. The minimum Gasteiger partial charge on any atom is -0.332 e. The Morgan fingerprint density at radius 3 is 2.18 bits per heavy atom. The summed E-state index contributed by atoms with van der Waals surface area (Å²) in [5.74, 6) is 0. The zero-order chi connectivity index (χ0) is 19.4. The number of halogens is 1. The van der Waals surface area contributed by atoms with E-state index in [0.717, 1.165) is 22.1 Å². The second-order valence-electron chi connectivity index (χ2n) is 6.14. The van der Waals surface area contributed by atoms with Gasteiger partial charge in [-0.05, 0) is 31.2 Å². The Bertz CT molecular complexity index is 997. The van der Waals surface area contributed by atoms with Gasteiger partial charge in [-0.1, -0.05) is 43.7 Å². The second-order valence-corrected chi connectivity index (χ2v) is 8.94. The summed E-state index contributed by atoms with van der Waals surface area (Å²) in [5.41, 5.74) is 3.91. The van der Waals surface area contributed by atoms with E-state index in [1.807, 2.05) is 43.5 Å². The number of anilines is 2. The van der Waals surface area contributed by atoms with Crippen molar-refractivity contribution in [2.45, 2.75) is 25.7 Å². The molecule has 0 radical (unpaired) electrons. The molecule has 3 aromatic rings. The standard InChI is InChI=1S/C20H23N3O2S2.BrH/c1-4-23(5-2)27(24,25)18-12-8-16(9-13-18)19-14-26-20(22-19)21-17-10-6-15(3)7-11-17;/h6-14H,4-5H2,1-3H3,(H,21,22);1H. The second kappa shape index (κ2) is 9.65. The molecule has 0 unspecified atom stereocenters. The molecule has 28 heavy (non-hydrogen) atoms. The predicted octanol–water partition coefficient (Wildman–Crippen LogP) is 5.47. The third-order valence-corrected chi connectivity index (χ3v) is 7.12. The van der Waals surface area contributed by atoms with Crippen molar-refractivity contribution in [1.82, 2.24) is 9.29 Å². The largest absolute Gasteiger partial charge is 0.332 e. The van der Waals surface area contributed by atoms with Gasteiger partial charge in [0.05, 0.1) is 10.6 Å². The smallest absolute Gasteiger partial charge is 0.243 e. The first-order chi connectivity index (χ1) is 12.9. The quantitative estimate of drug-likeness (QED) is 0.485. The Kier molecular flexibility index (Phi) is 7.77. The van der Waals surface area contributed by atoms with Crippen LogP contribution in [0.15, 0.2) is 58.8 Å². The van der Waals surface area contributed by atoms with E-state index in [2.05, 4.69) is 17.2 Å². The van der Waals surface area contributed by atoms with Crippen LogP contribution in [0.4, 0.5) is 10.8 Å². The Labute approximate surface area is 181 Å². The van der Waals surface area contributed by atoms with Crippen LogP contribution in [-0.2, 0) is 10.0 Å². The van der Waals surface area contributed by atoms with Gasteiger partial charge in [0.25, 0.3) is 0 Å². The molecule has 0 saturated carbocycles. The maximum atomic E-state index is 12.6. The first kappa shape index (κ1) is 22.5. The zero-order valence-corrected chi connectivity index (χ0v) is 19.4. The van der Waals surface area contributed by atoms with Crippen LogP contribution in [0, 0.1) is 6.92 Å². The van der Waals surface area contributed by atoms with Crippen molar-refractivity contribution in [3.8, 4) is 11.3 Å². The average molecular weight is 482 g/mol. The summed E-state index contributed by atoms with van der Waals surface area (Å²) in [6, 6.07) is 15.0. The summed E-state index contributed by atoms with van der Waals surface area (Å²) in [4.78, 5) is 4.91. The van der Waals surface area contributed by atoms with Gasteiger partial charge in [0.1, 0.15) is 0 Å². The van der Waals surface area contributed by atoms with E-state index in [1.165, 1.54) is 21.2 Å². The first-order valence-electron chi connectivity index (χ1n) is 8.84. The van der Waals surface area contributed by atoms with Gasteiger partial charge in [-0.25, -0.2) is 13.4 Å². The Balaban J connectivity index is 0.00000280. The number of sulfonamides is 1. The zero-order valence-electron chi connectivity index (χ0n) is 16.0. The number of nitrogens with zero attached hydrogens (tertiary/aromatic N) is 2. The molecule has 1 N–H and O–H groups in total. The molecule has 0 aliphatic rings. The van der Waals surface area contributed by atoms with Crippen molar-refractivity contribution in [3.05, 3.63) is 59.5 Å². The number of hydrogen-bond donors (Lipinski definition) is 1. The predicted molar refractivity (Wildman–Crippen MR) is 122 cm³/mol. The Hall–Kier alpha value is -1.74. The maximum Gasteiger partial charge on any atom is 0.243 e. The van der Waals surface area contributed by atoms with Gasteiger partial charge >= 0.3 is 0 Å². The summed E-state index contributed by atoms with van der Waals surface area (Å²) in [6.07, 6.45) is 0. The van der Waals surface area contributed by atoms with E-state index in [9.17, 15) is 8.42 Å². The number of thiazole rings is 1. The lowest BCUT2D eigenvalue weighted by Crippen LogP contribution is -2.30. The number of aryl methyl sites for hydroxylation is 1. The highest BCUT2D eigenvalue weighted by Crippen LogP contribution is 2.28. The van der Waals surface area contributed by atoms with Gasteiger partial charge in [-0.15, -0.1) is 28.3 Å². The molecule has 150 valence electrons. The Morgan fingerprint density at radius 1 is 1.00 bits per heavy atom. The van der Waals surface area contributed by atoms with Gasteiger partial charge in [-0.2, -0.15) is 4.31 Å². The third-order valence-electron chi connectivity index (χ3n) is 4.30. The molecule has 8 heteroatoms. The SMILES string of the molecule is Br.CCN(CC)S(=O)(=O)c1ccc(-c2csc(Nc3ccc(C)cc3)n2)cc1. The van der Waals surface area contributed by atoms with Crippen molar-refractivity contribution in [3.63, 3.8) is 0 Å². The molecular formula is C20H24BrN3O2S2. The lowest BCUT2D eigenvalue weighted by Gasteiger charge is -2.18. The molecule has 0 aliphatic heterocycles. The molecule has 0 saturated heterocycles. The normalized spacial score (nSPS) is 11.3. The molecule has 0 atom stereocenters. The van der Waals surface area contributed by atoms with E-state index < -0.39 is 10.0 Å². The van der Waals surface area contributed by atoms with Crippen LogP contribution >= 0.6 is 28.3 Å². The molecule has 5 nitrogen and oxygen atoms in total. The Morgan fingerprint density at radius 2 is 1.61 bits per heavy atom. The molecule has 0 spiro atoms. The van der Waals surface area contributed by atoms with Crippen LogP contribution in [-0.4, -0.2) is 30.8 Å². The van der Waals surface area contributed by atoms with Gasteiger partial charge in [0.15, 0.2) is 5.13 Å². The number of benzene rings is 2. The summed E-state index contributed by atoms with van der Waals surface area (Å²) in [7, 11) is -3.44. The first-order valence-corrected chi connectivity index (χ1v) is 11.2. The molecule has 3 rings (SSSR count). The third kappa shape index (κ3) is 5.00. The highest BCUT2D eigenvalue weighted by molar-refractivity contribution is 8.93. The van der Waals surface area contributed by atoms with E-state index in [0.29, 0.717) is 18.0 Å². The molecule has 0 fully saturated rings. The van der Waals surface area contributed by atoms with Crippen molar-refractivity contribution in [2.75, 3.05) is 18.4 Å². The number of hydrogen-bond acceptors (Lipinski definition) is 5. The van der Waals surface area contributed by atoms with Gasteiger partial charge in [0.2, 0.25) is 10.0 Å². The molecular weight excluding hydrogens is 458 g/mol. The number of rotatable bonds is 7. The highest BCUT2D eigenvalue weighted by Gasteiger charge is 2.21. The fraction of sp³-hybridized carbons (Fsp3) is 0.250. The molecule has 0 aliphatic carbocycles. The lowest BCUT2D eigenvalue weighted by atomic mass is 10.2. The average Bonchev–Trinajstić information content (AvgIpc) is 3.13. The molecule has 0 bridgehead atoms. The van der Waals surface area contributed by atoms with E-state index in [-0.39, 0.29) is 17.0 Å². The topological polar surface area (TPSA) is 62.3 Å². The van der Waals surface area contributed by atoms with Crippen molar-refractivity contribution in [2.24, 2.45) is 0 Å². The summed E-state index contributed by atoms with van der Waals surface area (Å²) in [5, 5.41) is 6.05. The summed E-state index contributed by atoms with van der Waals surface area (Å²) < 4.78 is 26.6. The highest BCUT2D eigenvalue weighted by atomic mass is 79.9.